The van der Waals surface area contributed by atoms with Crippen LogP contribution in [0.1, 0.15) is 73.1 Å². The third kappa shape index (κ3) is 11.2. The molecule has 3 N–H and O–H groups in total. The molecular formula is C49H63ClN2O10. The predicted octanol–water partition coefficient (Wildman–Crippen LogP) is 8.62. The lowest BCUT2D eigenvalue weighted by Gasteiger charge is -2.59. The Morgan fingerprint density at radius 1 is 0.935 bits per heavy atom. The summed E-state index contributed by atoms with van der Waals surface area (Å²) in [6, 6.07) is 20.9. The summed E-state index contributed by atoms with van der Waals surface area (Å²) in [5.41, 5.74) is 5.74. The molecule has 0 bridgehead atoms. The molecule has 6 atom stereocenters. The number of aliphatic hydroxyl groups is 3. The number of fused-ring (bicyclic) bond motifs is 2. The van der Waals surface area contributed by atoms with Gasteiger partial charge in [0.1, 0.15) is 36.5 Å². The van der Waals surface area contributed by atoms with Crippen molar-refractivity contribution in [2.24, 2.45) is 22.9 Å². The molecule has 0 unspecified atom stereocenters. The SMILES string of the molecule is C=CCO[C@@]12Oc3ccc(Oc4ccc(C)c(C)c4)cc3[C@H]3[C@H](CCCCO)[C@@H](CCCCO)C=C(C(=NOCc4ccccc4)C[C@@H]1N(CCOCCO)C(=O)OCCCl)[C@H]32. The molecule has 336 valence electrons. The number of hydrogen-bond acceptors (Lipinski definition) is 11. The number of nitrogens with zero attached hydrogens (tertiary/aromatic N) is 2. The lowest BCUT2D eigenvalue weighted by Crippen LogP contribution is -2.70. The van der Waals surface area contributed by atoms with Gasteiger partial charge in [-0.1, -0.05) is 66.5 Å². The second kappa shape index (κ2) is 23.3. The summed E-state index contributed by atoms with van der Waals surface area (Å²) >= 11 is 6.05. The van der Waals surface area contributed by atoms with Crippen molar-refractivity contribution in [1.82, 2.24) is 4.90 Å². The Labute approximate surface area is 371 Å². The number of allylic oxidation sites excluding steroid dienone is 1. The van der Waals surface area contributed by atoms with Gasteiger partial charge < -0.3 is 43.8 Å². The monoisotopic (exact) mass is 874 g/mol. The molecule has 1 fully saturated rings. The van der Waals surface area contributed by atoms with E-state index in [-0.39, 0.29) is 89.5 Å². The van der Waals surface area contributed by atoms with Crippen LogP contribution in [-0.2, 0) is 25.7 Å². The van der Waals surface area contributed by atoms with Crippen molar-refractivity contribution in [3.8, 4) is 17.2 Å². The quantitative estimate of drug-likeness (QED) is 0.0346. The summed E-state index contributed by atoms with van der Waals surface area (Å²) < 4.78 is 32.4. The fourth-order valence-electron chi connectivity index (χ4n) is 9.30. The predicted molar refractivity (Wildman–Crippen MR) is 239 cm³/mol. The molecule has 0 saturated heterocycles. The first kappa shape index (κ1) is 47.1. The molecular weight excluding hydrogens is 812 g/mol. The van der Waals surface area contributed by atoms with Crippen LogP contribution >= 0.6 is 11.6 Å². The highest BCUT2D eigenvalue weighted by atomic mass is 35.5. The summed E-state index contributed by atoms with van der Waals surface area (Å²) in [7, 11) is 0. The van der Waals surface area contributed by atoms with Crippen molar-refractivity contribution in [3.63, 3.8) is 0 Å². The zero-order chi connectivity index (χ0) is 43.9. The zero-order valence-corrected chi connectivity index (χ0v) is 36.8. The van der Waals surface area contributed by atoms with Gasteiger partial charge in [-0.25, -0.2) is 4.79 Å². The first-order valence-electron chi connectivity index (χ1n) is 22.0. The van der Waals surface area contributed by atoms with E-state index in [2.05, 4.69) is 32.6 Å². The smallest absolute Gasteiger partial charge is 0.410 e. The first-order valence-corrected chi connectivity index (χ1v) is 22.5. The van der Waals surface area contributed by atoms with E-state index in [0.29, 0.717) is 30.1 Å². The number of unbranched alkanes of at least 4 members (excludes halogenated alkanes) is 2. The maximum atomic E-state index is 14.3. The maximum Gasteiger partial charge on any atom is 0.410 e. The van der Waals surface area contributed by atoms with Crippen LogP contribution in [0.25, 0.3) is 0 Å². The second-order valence-corrected chi connectivity index (χ2v) is 16.6. The van der Waals surface area contributed by atoms with E-state index in [9.17, 15) is 20.1 Å². The van der Waals surface area contributed by atoms with Crippen molar-refractivity contribution < 1.29 is 48.6 Å². The number of carbonyl (C=O) groups is 1. The molecule has 6 rings (SSSR count). The molecule has 12 nitrogen and oxygen atoms in total. The molecule has 0 aromatic heterocycles. The van der Waals surface area contributed by atoms with Gasteiger partial charge in [0.25, 0.3) is 0 Å². The molecule has 1 heterocycles. The minimum absolute atomic E-state index is 0.0185. The molecule has 3 aromatic carbocycles. The van der Waals surface area contributed by atoms with E-state index in [1.165, 1.54) is 5.56 Å². The third-order valence-corrected chi connectivity index (χ3v) is 12.4. The maximum absolute atomic E-state index is 14.3. The highest BCUT2D eigenvalue weighted by Crippen LogP contribution is 2.62. The lowest BCUT2D eigenvalue weighted by atomic mass is 9.55. The van der Waals surface area contributed by atoms with Crippen LogP contribution in [0.5, 0.6) is 17.2 Å². The Morgan fingerprint density at radius 2 is 1.69 bits per heavy atom. The summed E-state index contributed by atoms with van der Waals surface area (Å²) in [4.78, 5) is 22.1. The number of aliphatic hydroxyl groups excluding tert-OH is 3. The summed E-state index contributed by atoms with van der Waals surface area (Å²) in [6.45, 7) is 8.74. The summed E-state index contributed by atoms with van der Waals surface area (Å²) in [6.07, 6.45) is 8.03. The van der Waals surface area contributed by atoms with Crippen LogP contribution < -0.4 is 9.47 Å². The lowest BCUT2D eigenvalue weighted by molar-refractivity contribution is -0.256. The van der Waals surface area contributed by atoms with Crippen LogP contribution in [-0.4, -0.2) is 103 Å². The Morgan fingerprint density at radius 3 is 2.42 bits per heavy atom. The van der Waals surface area contributed by atoms with Gasteiger partial charge in [-0.05, 0) is 104 Å². The van der Waals surface area contributed by atoms with E-state index < -0.39 is 23.8 Å². The minimum atomic E-state index is -1.49. The van der Waals surface area contributed by atoms with E-state index >= 15 is 0 Å². The molecule has 1 amide bonds. The molecule has 62 heavy (non-hydrogen) atoms. The molecule has 13 heteroatoms. The van der Waals surface area contributed by atoms with Crippen LogP contribution in [0.2, 0.25) is 0 Å². The number of benzene rings is 3. The highest BCUT2D eigenvalue weighted by Gasteiger charge is 2.65. The number of rotatable bonds is 24. The van der Waals surface area contributed by atoms with Crippen LogP contribution in [0.4, 0.5) is 4.79 Å². The number of carbonyl (C=O) groups excluding carboxylic acids is 1. The van der Waals surface area contributed by atoms with Gasteiger partial charge in [-0.15, -0.1) is 18.2 Å². The number of ether oxygens (including phenoxy) is 5. The first-order chi connectivity index (χ1) is 30.3. The number of amides is 1. The zero-order valence-electron chi connectivity index (χ0n) is 36.1. The number of halogens is 1. The molecule has 3 aliphatic rings. The van der Waals surface area contributed by atoms with Gasteiger partial charge in [-0.2, -0.15) is 0 Å². The standard InChI is InChI=1S/C49H63ClN2O10/c1-4-25-59-49-45(52(21-27-57-28-24-55)48(56)58-26-20-50)32-43(51-60-33-36-12-6-5-7-13-36)41-30-37(14-8-10-22-53)40(15-9-11-23-54)46(47(41)49)42-31-39(18-19-44(42)62-49)61-38-17-16-34(2)35(3)29-38/h4-7,12-13,16-19,29-31,37,40,45-47,53-55H,1,8-11,14-15,20-28,32-33H2,2-3H3/t37-,40+,45-,46+,47+,49+/m0/s1. The Balaban J connectivity index is 1.57. The molecule has 1 saturated carbocycles. The molecule has 0 radical (unpaired) electrons. The summed E-state index contributed by atoms with van der Waals surface area (Å²) in [5.74, 6) is -0.127. The normalized spacial score (nSPS) is 23.1. The van der Waals surface area contributed by atoms with Gasteiger partial charge >= 0.3 is 6.09 Å². The van der Waals surface area contributed by atoms with Crippen molar-refractivity contribution in [1.29, 1.82) is 0 Å². The van der Waals surface area contributed by atoms with Crippen molar-refractivity contribution in [2.75, 3.05) is 58.7 Å². The number of oxime groups is 1. The van der Waals surface area contributed by atoms with Crippen LogP contribution in [0.3, 0.4) is 0 Å². The van der Waals surface area contributed by atoms with Gasteiger partial charge in [0.05, 0.1) is 43.9 Å². The van der Waals surface area contributed by atoms with Crippen molar-refractivity contribution in [2.45, 2.75) is 83.1 Å². The molecule has 0 spiro atoms. The van der Waals surface area contributed by atoms with Crippen molar-refractivity contribution in [3.05, 3.63) is 113 Å². The highest BCUT2D eigenvalue weighted by molar-refractivity contribution is 6.18. The average Bonchev–Trinajstić information content (AvgIpc) is 3.28. The Hall–Kier alpha value is -4.43. The van der Waals surface area contributed by atoms with Gasteiger partial charge in [-0.3, -0.25) is 4.90 Å². The number of hydrogen-bond donors (Lipinski definition) is 3. The fraction of sp³-hybridized carbons (Fsp3) is 0.510. The fourth-order valence-corrected chi connectivity index (χ4v) is 9.37. The van der Waals surface area contributed by atoms with Gasteiger partial charge in [0, 0.05) is 37.7 Å². The Kier molecular flexibility index (Phi) is 17.7. The van der Waals surface area contributed by atoms with Crippen molar-refractivity contribution >= 4 is 23.4 Å². The van der Waals surface area contributed by atoms with Gasteiger partial charge in [0.2, 0.25) is 5.79 Å². The number of alkyl halides is 1. The topological polar surface area (TPSA) is 149 Å². The molecule has 2 aliphatic carbocycles. The van der Waals surface area contributed by atoms with E-state index in [0.717, 1.165) is 53.7 Å². The molecule has 3 aromatic rings. The average molecular weight is 875 g/mol. The van der Waals surface area contributed by atoms with Crippen LogP contribution in [0, 0.1) is 31.6 Å². The van der Waals surface area contributed by atoms with E-state index in [1.807, 2.05) is 60.7 Å². The number of aryl methyl sites for hydroxylation is 2. The second-order valence-electron chi connectivity index (χ2n) is 16.2. The van der Waals surface area contributed by atoms with Crippen LogP contribution in [0.15, 0.2) is 96.2 Å². The largest absolute Gasteiger partial charge is 0.459 e. The minimum Gasteiger partial charge on any atom is -0.459 e. The third-order valence-electron chi connectivity index (χ3n) is 12.2. The Bertz CT molecular complexity index is 1980. The van der Waals surface area contributed by atoms with Gasteiger partial charge in [0.15, 0.2) is 0 Å². The molecule has 1 aliphatic heterocycles. The van der Waals surface area contributed by atoms with E-state index in [1.54, 1.807) is 11.0 Å². The van der Waals surface area contributed by atoms with E-state index in [4.69, 9.17) is 45.3 Å². The summed E-state index contributed by atoms with van der Waals surface area (Å²) in [5, 5.41) is 34.3.